The third kappa shape index (κ3) is 4.64. The van der Waals surface area contributed by atoms with Gasteiger partial charge in [-0.1, -0.05) is 23.7 Å². The van der Waals surface area contributed by atoms with Crippen LogP contribution in [-0.4, -0.2) is 15.7 Å². The summed E-state index contributed by atoms with van der Waals surface area (Å²) in [6.45, 7) is 2.25. The summed E-state index contributed by atoms with van der Waals surface area (Å²) in [6.07, 6.45) is -3.04. The Morgan fingerprint density at radius 2 is 1.96 bits per heavy atom. The lowest BCUT2D eigenvalue weighted by atomic mass is 10.2. The van der Waals surface area contributed by atoms with Gasteiger partial charge in [-0.05, 0) is 43.3 Å². The van der Waals surface area contributed by atoms with E-state index < -0.39 is 17.6 Å². The number of rotatable bonds is 5. The molecule has 0 radical (unpaired) electrons. The van der Waals surface area contributed by atoms with Crippen molar-refractivity contribution >= 4 is 23.2 Å². The highest BCUT2D eigenvalue weighted by atomic mass is 35.5. The number of hydrogen-bond donors (Lipinski definition) is 1. The van der Waals surface area contributed by atoms with Crippen LogP contribution in [0.5, 0.6) is 11.6 Å². The third-order valence-corrected chi connectivity index (χ3v) is 3.99. The molecule has 0 saturated carbocycles. The van der Waals surface area contributed by atoms with Gasteiger partial charge in [0.05, 0.1) is 5.56 Å². The van der Waals surface area contributed by atoms with E-state index in [1.165, 1.54) is 23.0 Å². The van der Waals surface area contributed by atoms with Gasteiger partial charge in [-0.3, -0.25) is 9.48 Å². The molecule has 0 aliphatic carbocycles. The number of nitrogens with one attached hydrogen (secondary N) is 1. The molecule has 3 aromatic rings. The van der Waals surface area contributed by atoms with Crippen LogP contribution >= 0.6 is 11.6 Å². The van der Waals surface area contributed by atoms with Crippen LogP contribution < -0.4 is 10.1 Å². The summed E-state index contributed by atoms with van der Waals surface area (Å²) >= 11 is 5.91. The van der Waals surface area contributed by atoms with Crippen LogP contribution in [0.15, 0.2) is 54.7 Å². The van der Waals surface area contributed by atoms with Crippen LogP contribution in [0.1, 0.15) is 22.8 Å². The van der Waals surface area contributed by atoms with Gasteiger partial charge >= 0.3 is 6.18 Å². The van der Waals surface area contributed by atoms with Crippen molar-refractivity contribution in [2.45, 2.75) is 19.6 Å². The molecule has 5 nitrogen and oxygen atoms in total. The van der Waals surface area contributed by atoms with Gasteiger partial charge in [-0.2, -0.15) is 13.2 Å². The van der Waals surface area contributed by atoms with Gasteiger partial charge in [-0.25, -0.2) is 0 Å². The third-order valence-electron chi connectivity index (χ3n) is 3.75. The molecule has 0 unspecified atom stereocenters. The molecule has 9 heteroatoms. The Morgan fingerprint density at radius 1 is 1.21 bits per heavy atom. The number of hydrogen-bond acceptors (Lipinski definition) is 3. The van der Waals surface area contributed by atoms with Crippen LogP contribution in [0.25, 0.3) is 0 Å². The molecule has 3 rings (SSSR count). The Balaban J connectivity index is 1.88. The number of alkyl halides is 3. The van der Waals surface area contributed by atoms with E-state index in [-0.39, 0.29) is 17.2 Å². The number of nitrogens with zero attached hydrogens (tertiary/aromatic N) is 2. The SMILES string of the molecule is CCn1cc(C(=O)Nc2cccc(Cl)c2)c(Oc2cccc(C(F)(F)F)c2)n1. The number of aromatic nitrogens is 2. The summed E-state index contributed by atoms with van der Waals surface area (Å²) < 4.78 is 45.6. The van der Waals surface area contributed by atoms with E-state index in [0.717, 1.165) is 12.1 Å². The summed E-state index contributed by atoms with van der Waals surface area (Å²) in [5.41, 5.74) is -0.309. The molecule has 0 spiro atoms. The minimum Gasteiger partial charge on any atom is -0.437 e. The zero-order valence-electron chi connectivity index (χ0n) is 14.6. The van der Waals surface area contributed by atoms with E-state index in [1.807, 2.05) is 0 Å². The molecule has 0 aliphatic heterocycles. The van der Waals surface area contributed by atoms with Crippen LogP contribution in [0.3, 0.4) is 0 Å². The lowest BCUT2D eigenvalue weighted by Crippen LogP contribution is -2.12. The molecular weight excluding hydrogens is 395 g/mol. The first-order valence-corrected chi connectivity index (χ1v) is 8.63. The Labute approximate surface area is 163 Å². The van der Waals surface area contributed by atoms with Crippen molar-refractivity contribution in [3.8, 4) is 11.6 Å². The van der Waals surface area contributed by atoms with Crippen LogP contribution in [0, 0.1) is 0 Å². The second-order valence-corrected chi connectivity index (χ2v) is 6.23. The maximum atomic E-state index is 12.9. The Hall–Kier alpha value is -3.00. The van der Waals surface area contributed by atoms with Gasteiger partial charge in [0.25, 0.3) is 11.8 Å². The lowest BCUT2D eigenvalue weighted by Gasteiger charge is -2.10. The highest BCUT2D eigenvalue weighted by Gasteiger charge is 2.31. The van der Waals surface area contributed by atoms with E-state index in [9.17, 15) is 18.0 Å². The molecule has 1 N–H and O–H groups in total. The summed E-state index contributed by atoms with van der Waals surface area (Å²) in [7, 11) is 0. The number of ether oxygens (including phenoxy) is 1. The standard InChI is InChI=1S/C19H15ClF3N3O2/c1-2-26-11-16(17(27)24-14-7-4-6-13(20)10-14)18(25-26)28-15-8-3-5-12(9-15)19(21,22)23/h3-11H,2H2,1H3,(H,24,27). The second kappa shape index (κ2) is 7.93. The lowest BCUT2D eigenvalue weighted by molar-refractivity contribution is -0.137. The van der Waals surface area contributed by atoms with Gasteiger partial charge < -0.3 is 10.1 Å². The van der Waals surface area contributed by atoms with Gasteiger partial charge in [-0.15, -0.1) is 5.10 Å². The predicted octanol–water partition coefficient (Wildman–Crippen LogP) is 5.62. The van der Waals surface area contributed by atoms with Crippen LogP contribution in [0.2, 0.25) is 5.02 Å². The Kier molecular flexibility index (Phi) is 5.60. The van der Waals surface area contributed by atoms with Gasteiger partial charge in [0.15, 0.2) is 0 Å². The molecule has 28 heavy (non-hydrogen) atoms. The largest absolute Gasteiger partial charge is 0.437 e. The van der Waals surface area contributed by atoms with Crippen molar-refractivity contribution in [3.63, 3.8) is 0 Å². The fourth-order valence-electron chi connectivity index (χ4n) is 2.41. The summed E-state index contributed by atoms with van der Waals surface area (Å²) in [4.78, 5) is 12.6. The van der Waals surface area contributed by atoms with Crippen molar-refractivity contribution in [2.24, 2.45) is 0 Å². The molecule has 0 atom stereocenters. The number of carbonyl (C=O) groups excluding carboxylic acids is 1. The Morgan fingerprint density at radius 3 is 2.64 bits per heavy atom. The zero-order chi connectivity index (χ0) is 20.3. The van der Waals surface area contributed by atoms with E-state index >= 15 is 0 Å². The maximum absolute atomic E-state index is 12.9. The maximum Gasteiger partial charge on any atom is 0.416 e. The van der Waals surface area contributed by atoms with Crippen molar-refractivity contribution < 1.29 is 22.7 Å². The number of amides is 1. The minimum atomic E-state index is -4.51. The molecular formula is C19H15ClF3N3O2. The summed E-state index contributed by atoms with van der Waals surface area (Å²) in [6, 6.07) is 10.9. The first kappa shape index (κ1) is 19.8. The molecule has 1 amide bonds. The fourth-order valence-corrected chi connectivity index (χ4v) is 2.60. The fraction of sp³-hybridized carbons (Fsp3) is 0.158. The van der Waals surface area contributed by atoms with Crippen LogP contribution in [0.4, 0.5) is 18.9 Å². The van der Waals surface area contributed by atoms with Crippen LogP contribution in [-0.2, 0) is 12.7 Å². The highest BCUT2D eigenvalue weighted by Crippen LogP contribution is 2.33. The molecule has 0 aliphatic rings. The smallest absolute Gasteiger partial charge is 0.416 e. The van der Waals surface area contributed by atoms with Crippen molar-refractivity contribution in [1.29, 1.82) is 0 Å². The summed E-state index contributed by atoms with van der Waals surface area (Å²) in [5.74, 6) is -0.697. The van der Waals surface area contributed by atoms with E-state index in [1.54, 1.807) is 31.2 Å². The molecule has 1 aromatic heterocycles. The van der Waals surface area contributed by atoms with Gasteiger partial charge in [0, 0.05) is 23.5 Å². The monoisotopic (exact) mass is 409 g/mol. The topological polar surface area (TPSA) is 56.2 Å². The van der Waals surface area contributed by atoms with Crippen molar-refractivity contribution in [1.82, 2.24) is 9.78 Å². The minimum absolute atomic E-state index is 0.0759. The second-order valence-electron chi connectivity index (χ2n) is 5.80. The number of carbonyl (C=O) groups is 1. The van der Waals surface area contributed by atoms with Gasteiger partial charge in [0.1, 0.15) is 11.3 Å². The molecule has 1 heterocycles. The molecule has 0 bridgehead atoms. The average molecular weight is 410 g/mol. The average Bonchev–Trinajstić information content (AvgIpc) is 3.04. The molecule has 2 aromatic carbocycles. The molecule has 0 saturated heterocycles. The zero-order valence-corrected chi connectivity index (χ0v) is 15.4. The summed E-state index contributed by atoms with van der Waals surface area (Å²) in [5, 5.41) is 7.23. The van der Waals surface area contributed by atoms with E-state index in [2.05, 4.69) is 10.4 Å². The quantitative estimate of drug-likeness (QED) is 0.595. The van der Waals surface area contributed by atoms with Crippen molar-refractivity contribution in [2.75, 3.05) is 5.32 Å². The van der Waals surface area contributed by atoms with Crippen molar-refractivity contribution in [3.05, 3.63) is 70.9 Å². The van der Waals surface area contributed by atoms with E-state index in [4.69, 9.17) is 16.3 Å². The number of halogens is 4. The number of benzene rings is 2. The highest BCUT2D eigenvalue weighted by molar-refractivity contribution is 6.31. The normalized spacial score (nSPS) is 11.3. The first-order chi connectivity index (χ1) is 13.3. The first-order valence-electron chi connectivity index (χ1n) is 8.25. The van der Waals surface area contributed by atoms with E-state index in [0.29, 0.717) is 17.3 Å². The molecule has 0 fully saturated rings. The molecule has 146 valence electrons. The predicted molar refractivity (Wildman–Crippen MR) is 98.8 cm³/mol. The number of aryl methyl sites for hydroxylation is 1. The van der Waals surface area contributed by atoms with Gasteiger partial charge in [0.2, 0.25) is 0 Å². The number of anilines is 1. The Bertz CT molecular complexity index is 1000.